The van der Waals surface area contributed by atoms with E-state index in [1.165, 1.54) is 29.6 Å². The van der Waals surface area contributed by atoms with Gasteiger partial charge in [-0.05, 0) is 36.8 Å². The normalized spacial score (nSPS) is 14.9. The number of para-hydroxylation sites is 1. The summed E-state index contributed by atoms with van der Waals surface area (Å²) in [7, 11) is -2.22. The third-order valence-corrected chi connectivity index (χ3v) is 6.63. The fourth-order valence-corrected chi connectivity index (χ4v) is 4.50. The summed E-state index contributed by atoms with van der Waals surface area (Å²) in [6.07, 6.45) is 0.109. The van der Waals surface area contributed by atoms with E-state index >= 15 is 0 Å². The van der Waals surface area contributed by atoms with Crippen molar-refractivity contribution in [3.05, 3.63) is 48.0 Å². The van der Waals surface area contributed by atoms with Gasteiger partial charge in [0, 0.05) is 13.1 Å². The Morgan fingerprint density at radius 2 is 1.87 bits per heavy atom. The smallest absolute Gasteiger partial charge is 0.243 e. The highest BCUT2D eigenvalue weighted by Gasteiger charge is 2.27. The quantitative estimate of drug-likeness (QED) is 0.686. The number of morpholine rings is 1. The molecule has 8 nitrogen and oxygen atoms in total. The first-order valence-electron chi connectivity index (χ1n) is 9.66. The number of anilines is 1. The van der Waals surface area contributed by atoms with Gasteiger partial charge in [0.2, 0.25) is 15.9 Å². The number of ether oxygens (including phenoxy) is 3. The predicted molar refractivity (Wildman–Crippen MR) is 112 cm³/mol. The molecule has 0 atom stereocenters. The molecule has 2 aromatic rings. The van der Waals surface area contributed by atoms with Gasteiger partial charge in [-0.2, -0.15) is 4.31 Å². The van der Waals surface area contributed by atoms with Crippen LogP contribution in [0.1, 0.15) is 12.0 Å². The van der Waals surface area contributed by atoms with Gasteiger partial charge in [-0.3, -0.25) is 4.79 Å². The fraction of sp³-hybridized carbons (Fsp3) is 0.381. The summed E-state index contributed by atoms with van der Waals surface area (Å²) >= 11 is 0. The number of sulfonamides is 1. The molecule has 3 rings (SSSR count). The van der Waals surface area contributed by atoms with E-state index in [4.69, 9.17) is 14.2 Å². The lowest BCUT2D eigenvalue weighted by Gasteiger charge is -2.26. The Balaban J connectivity index is 1.67. The molecule has 30 heavy (non-hydrogen) atoms. The van der Waals surface area contributed by atoms with Crippen LogP contribution in [0, 0.1) is 6.92 Å². The van der Waals surface area contributed by atoms with Crippen molar-refractivity contribution in [2.75, 3.05) is 45.3 Å². The molecule has 9 heteroatoms. The Morgan fingerprint density at radius 1 is 1.13 bits per heavy atom. The number of amides is 1. The van der Waals surface area contributed by atoms with Crippen molar-refractivity contribution in [1.82, 2.24) is 4.31 Å². The lowest BCUT2D eigenvalue weighted by atomic mass is 10.2. The molecule has 0 radical (unpaired) electrons. The van der Waals surface area contributed by atoms with Gasteiger partial charge in [-0.25, -0.2) is 8.42 Å². The maximum atomic E-state index is 12.9. The second-order valence-electron chi connectivity index (χ2n) is 6.79. The zero-order chi connectivity index (χ0) is 21.6. The third kappa shape index (κ3) is 5.29. The van der Waals surface area contributed by atoms with Crippen molar-refractivity contribution >= 4 is 21.6 Å². The molecule has 0 spiro atoms. The zero-order valence-electron chi connectivity index (χ0n) is 17.1. The molecule has 0 saturated carbocycles. The van der Waals surface area contributed by atoms with Crippen LogP contribution in [0.5, 0.6) is 11.5 Å². The van der Waals surface area contributed by atoms with Crippen LogP contribution < -0.4 is 14.8 Å². The monoisotopic (exact) mass is 434 g/mol. The van der Waals surface area contributed by atoms with Crippen LogP contribution >= 0.6 is 0 Å². The molecule has 1 saturated heterocycles. The number of aryl methyl sites for hydroxylation is 1. The van der Waals surface area contributed by atoms with Gasteiger partial charge in [0.25, 0.3) is 0 Å². The molecule has 1 aliphatic rings. The summed E-state index contributed by atoms with van der Waals surface area (Å²) in [5.41, 5.74) is 1.29. The summed E-state index contributed by atoms with van der Waals surface area (Å²) < 4.78 is 43.3. The first-order chi connectivity index (χ1) is 14.4. The van der Waals surface area contributed by atoms with Gasteiger partial charge in [0.1, 0.15) is 11.5 Å². The first kappa shape index (κ1) is 22.1. The Hall–Kier alpha value is -2.62. The van der Waals surface area contributed by atoms with E-state index in [9.17, 15) is 13.2 Å². The standard InChI is InChI=1S/C21H26N2O6S/c1-16-5-3-4-6-19(16)29-12-9-21(24)22-18-15-17(7-8-20(18)27-2)30(25,26)23-10-13-28-14-11-23/h3-8,15H,9-14H2,1-2H3,(H,22,24). The maximum Gasteiger partial charge on any atom is 0.243 e. The van der Waals surface area contributed by atoms with Gasteiger partial charge in [-0.15, -0.1) is 0 Å². The minimum absolute atomic E-state index is 0.0941. The first-order valence-corrected chi connectivity index (χ1v) is 11.1. The van der Waals surface area contributed by atoms with Crippen LogP contribution in [0.4, 0.5) is 5.69 Å². The summed E-state index contributed by atoms with van der Waals surface area (Å²) in [4.78, 5) is 12.5. The van der Waals surface area contributed by atoms with Crippen LogP contribution in [-0.2, 0) is 19.6 Å². The number of hydrogen-bond donors (Lipinski definition) is 1. The molecule has 162 valence electrons. The molecule has 1 fully saturated rings. The lowest BCUT2D eigenvalue weighted by molar-refractivity contribution is -0.116. The number of nitrogens with one attached hydrogen (secondary N) is 1. The van der Waals surface area contributed by atoms with Gasteiger partial charge >= 0.3 is 0 Å². The number of methoxy groups -OCH3 is 1. The van der Waals surface area contributed by atoms with Crippen LogP contribution in [0.2, 0.25) is 0 Å². The average molecular weight is 435 g/mol. The summed E-state index contributed by atoms with van der Waals surface area (Å²) in [5, 5.41) is 2.73. The zero-order valence-corrected chi connectivity index (χ0v) is 17.9. The van der Waals surface area contributed by atoms with Crippen molar-refractivity contribution < 1.29 is 27.4 Å². The molecule has 2 aromatic carbocycles. The highest BCUT2D eigenvalue weighted by atomic mass is 32.2. The molecule has 0 unspecified atom stereocenters. The van der Waals surface area contributed by atoms with Crippen LogP contribution in [0.15, 0.2) is 47.4 Å². The molecule has 0 aliphatic carbocycles. The fourth-order valence-electron chi connectivity index (χ4n) is 3.07. The van der Waals surface area contributed by atoms with Gasteiger partial charge in [-0.1, -0.05) is 18.2 Å². The van der Waals surface area contributed by atoms with Gasteiger partial charge in [0.15, 0.2) is 0 Å². The lowest BCUT2D eigenvalue weighted by Crippen LogP contribution is -2.40. The highest BCUT2D eigenvalue weighted by molar-refractivity contribution is 7.89. The number of nitrogens with zero attached hydrogens (tertiary/aromatic N) is 1. The van der Waals surface area contributed by atoms with Crippen molar-refractivity contribution in [2.24, 2.45) is 0 Å². The Kier molecular flexibility index (Phi) is 7.30. The van der Waals surface area contributed by atoms with Gasteiger partial charge < -0.3 is 19.5 Å². The number of carbonyl (C=O) groups excluding carboxylic acids is 1. The second kappa shape index (κ2) is 9.92. The molecular formula is C21H26N2O6S. The van der Waals surface area contributed by atoms with Crippen LogP contribution in [-0.4, -0.2) is 58.7 Å². The van der Waals surface area contributed by atoms with Crippen molar-refractivity contribution in [1.29, 1.82) is 0 Å². The van der Waals surface area contributed by atoms with E-state index in [0.29, 0.717) is 37.7 Å². The molecule has 0 aromatic heterocycles. The predicted octanol–water partition coefficient (Wildman–Crippen LogP) is 2.43. The molecular weight excluding hydrogens is 408 g/mol. The Morgan fingerprint density at radius 3 is 2.57 bits per heavy atom. The number of rotatable bonds is 8. The van der Waals surface area contributed by atoms with E-state index in [2.05, 4.69) is 5.32 Å². The SMILES string of the molecule is COc1ccc(S(=O)(=O)N2CCOCC2)cc1NC(=O)CCOc1ccccc1C. The molecule has 1 amide bonds. The van der Waals surface area contributed by atoms with E-state index < -0.39 is 10.0 Å². The average Bonchev–Trinajstić information content (AvgIpc) is 2.75. The van der Waals surface area contributed by atoms with E-state index in [0.717, 1.165) is 11.3 Å². The van der Waals surface area contributed by atoms with Crippen molar-refractivity contribution in [2.45, 2.75) is 18.2 Å². The minimum Gasteiger partial charge on any atom is -0.495 e. The Bertz CT molecular complexity index is 987. The number of carbonyl (C=O) groups is 1. The molecule has 1 aliphatic heterocycles. The maximum absolute atomic E-state index is 12.9. The van der Waals surface area contributed by atoms with Crippen LogP contribution in [0.25, 0.3) is 0 Å². The summed E-state index contributed by atoms with van der Waals surface area (Å²) in [6, 6.07) is 12.0. The number of hydrogen-bond acceptors (Lipinski definition) is 6. The van der Waals surface area contributed by atoms with Crippen molar-refractivity contribution in [3.8, 4) is 11.5 Å². The van der Waals surface area contributed by atoms with E-state index in [-0.39, 0.29) is 23.8 Å². The van der Waals surface area contributed by atoms with Gasteiger partial charge in [0.05, 0.1) is 43.9 Å². The topological polar surface area (TPSA) is 94.2 Å². The second-order valence-corrected chi connectivity index (χ2v) is 8.73. The van der Waals surface area contributed by atoms with Crippen LogP contribution in [0.3, 0.4) is 0 Å². The van der Waals surface area contributed by atoms with E-state index in [1.54, 1.807) is 0 Å². The van der Waals surface area contributed by atoms with E-state index in [1.807, 2.05) is 31.2 Å². The highest BCUT2D eigenvalue weighted by Crippen LogP contribution is 2.29. The molecule has 0 bridgehead atoms. The largest absolute Gasteiger partial charge is 0.495 e. The third-order valence-electron chi connectivity index (χ3n) is 4.73. The minimum atomic E-state index is -3.68. The van der Waals surface area contributed by atoms with Crippen molar-refractivity contribution in [3.63, 3.8) is 0 Å². The summed E-state index contributed by atoms with van der Waals surface area (Å²) in [6.45, 7) is 3.45. The molecule has 1 heterocycles. The Labute approximate surface area is 176 Å². The summed E-state index contributed by atoms with van der Waals surface area (Å²) in [5.74, 6) is 0.799. The number of benzene rings is 2. The molecule has 1 N–H and O–H groups in total.